The van der Waals surface area contributed by atoms with Gasteiger partial charge in [-0.25, -0.2) is 35.8 Å². The summed E-state index contributed by atoms with van der Waals surface area (Å²) in [7, 11) is -3.62. The number of fused-ring (bicyclic) bond motifs is 8. The van der Waals surface area contributed by atoms with Crippen LogP contribution in [0.4, 0.5) is 8.78 Å². The first-order valence-corrected chi connectivity index (χ1v) is 21.9. The fourth-order valence-corrected chi connectivity index (χ4v) is 10.3. The highest BCUT2D eigenvalue weighted by atomic mass is 32.2. The summed E-state index contributed by atoms with van der Waals surface area (Å²) in [5, 5.41) is 4.80. The van der Waals surface area contributed by atoms with Crippen LogP contribution in [0, 0.1) is 17.0 Å². The van der Waals surface area contributed by atoms with E-state index in [1.54, 1.807) is 14.0 Å². The van der Waals surface area contributed by atoms with Crippen LogP contribution >= 0.6 is 0 Å². The van der Waals surface area contributed by atoms with Crippen LogP contribution in [0.5, 0.6) is 11.5 Å². The van der Waals surface area contributed by atoms with Gasteiger partial charge in [0.15, 0.2) is 33.1 Å². The first kappa shape index (κ1) is 41.9. The predicted molar refractivity (Wildman–Crippen MR) is 212 cm³/mol. The normalized spacial score (nSPS) is 18.7. The maximum Gasteiger partial charge on any atom is 0.308 e. The number of benzene rings is 3. The van der Waals surface area contributed by atoms with Crippen LogP contribution in [0.25, 0.3) is 22.4 Å². The summed E-state index contributed by atoms with van der Waals surface area (Å²) in [5.74, 6) is -2.23. The lowest BCUT2D eigenvalue weighted by molar-refractivity contribution is -0.143. The molecular formula is C40H48F2N6O7S2. The zero-order valence-corrected chi connectivity index (χ0v) is 34.8. The van der Waals surface area contributed by atoms with Crippen LogP contribution < -0.4 is 4.74 Å². The lowest BCUT2D eigenvalue weighted by Gasteiger charge is -2.30. The Bertz CT molecular complexity index is 2550. The molecule has 0 aliphatic carbocycles. The van der Waals surface area contributed by atoms with Crippen molar-refractivity contribution >= 4 is 37.0 Å². The van der Waals surface area contributed by atoms with Crippen molar-refractivity contribution in [2.75, 3.05) is 32.2 Å². The third-order valence-corrected chi connectivity index (χ3v) is 14.2. The van der Waals surface area contributed by atoms with Gasteiger partial charge >= 0.3 is 16.2 Å². The second-order valence-electron chi connectivity index (χ2n) is 15.7. The molecule has 6 rings (SSSR count). The number of ether oxygens (including phenoxy) is 2. The fraction of sp³-hybridized carbons (Fsp3) is 0.450. The van der Waals surface area contributed by atoms with Gasteiger partial charge in [-0.1, -0.05) is 44.5 Å². The molecule has 1 unspecified atom stereocenters. The Morgan fingerprint density at radius 1 is 1.05 bits per heavy atom. The molecule has 0 fully saturated rings. The molecule has 0 amide bonds. The second-order valence-corrected chi connectivity index (χ2v) is 19.9. The molecule has 5 aromatic rings. The Kier molecular flexibility index (Phi) is 11.7. The minimum absolute atomic E-state index is 0.0120. The number of halogens is 2. The average molecular weight is 827 g/mol. The molecular weight excluding hydrogens is 779 g/mol. The van der Waals surface area contributed by atoms with Crippen LogP contribution in [-0.2, 0) is 54.9 Å². The number of carbonyl (C=O) groups excluding carboxylic acids is 1. The molecule has 3 aromatic carbocycles. The van der Waals surface area contributed by atoms with Crippen molar-refractivity contribution in [2.24, 2.45) is 12.5 Å². The van der Waals surface area contributed by atoms with Gasteiger partial charge in [-0.15, -0.1) is 0 Å². The van der Waals surface area contributed by atoms with E-state index in [2.05, 4.69) is 4.98 Å². The molecule has 0 radical (unpaired) electrons. The van der Waals surface area contributed by atoms with Gasteiger partial charge in [-0.3, -0.25) is 4.79 Å². The summed E-state index contributed by atoms with van der Waals surface area (Å²) in [5.41, 5.74) is 0.299. The van der Waals surface area contributed by atoms with E-state index >= 15 is 8.78 Å². The van der Waals surface area contributed by atoms with E-state index in [9.17, 15) is 21.6 Å². The SMILES string of the molecule is CCOC(=O)CCc1cccc(C2(C)CCCC(C)(C)CS(=O)(=O)CCc3c(c(F)cc4c3ncn4S(=O)(=O)N(C)C)Oc3ccc(F)c(c3)-c3nc2nn3C)c1. The Hall–Kier alpha value is -4.74. The van der Waals surface area contributed by atoms with Gasteiger partial charge in [0, 0.05) is 39.2 Å². The molecule has 4 bridgehead atoms. The van der Waals surface area contributed by atoms with E-state index < -0.39 is 48.3 Å². The van der Waals surface area contributed by atoms with Crippen LogP contribution in [0.2, 0.25) is 0 Å². The third-order valence-electron chi connectivity index (χ3n) is 10.5. The number of esters is 1. The smallest absolute Gasteiger partial charge is 0.308 e. The summed E-state index contributed by atoms with van der Waals surface area (Å²) in [6.45, 7) is 7.82. The van der Waals surface area contributed by atoms with E-state index in [1.807, 2.05) is 45.0 Å². The van der Waals surface area contributed by atoms with Crippen LogP contribution in [0.15, 0.2) is 54.9 Å². The first-order chi connectivity index (χ1) is 26.7. The van der Waals surface area contributed by atoms with Crippen LogP contribution in [-0.4, -0.2) is 83.0 Å². The Balaban J connectivity index is 1.50. The molecule has 3 heterocycles. The Morgan fingerprint density at radius 3 is 2.53 bits per heavy atom. The molecule has 0 saturated heterocycles. The summed E-state index contributed by atoms with van der Waals surface area (Å²) in [4.78, 5) is 21.4. The maximum atomic E-state index is 16.2. The molecule has 0 N–H and O–H groups in total. The molecule has 1 aliphatic heterocycles. The van der Waals surface area contributed by atoms with E-state index in [-0.39, 0.29) is 64.0 Å². The number of sulfone groups is 1. The van der Waals surface area contributed by atoms with Gasteiger partial charge in [-0.05, 0) is 74.3 Å². The molecule has 2 aromatic heterocycles. The van der Waals surface area contributed by atoms with E-state index in [0.29, 0.717) is 38.1 Å². The van der Waals surface area contributed by atoms with Crippen LogP contribution in [0.3, 0.4) is 0 Å². The molecule has 13 nitrogen and oxygen atoms in total. The third kappa shape index (κ3) is 8.75. The molecule has 0 saturated carbocycles. The number of nitrogens with zero attached hydrogens (tertiary/aromatic N) is 6. The topological polar surface area (TPSA) is 156 Å². The van der Waals surface area contributed by atoms with Crippen molar-refractivity contribution in [3.8, 4) is 22.9 Å². The molecule has 0 spiro atoms. The molecule has 1 atom stereocenters. The number of carbonyl (C=O) groups is 1. The van der Waals surface area contributed by atoms with Crippen molar-refractivity contribution in [2.45, 2.75) is 71.6 Å². The van der Waals surface area contributed by atoms with Crippen molar-refractivity contribution in [1.29, 1.82) is 0 Å². The number of imidazole rings is 1. The fourth-order valence-electron chi connectivity index (χ4n) is 7.41. The van der Waals surface area contributed by atoms with Gasteiger partial charge in [0.05, 0.1) is 40.1 Å². The maximum absolute atomic E-state index is 16.2. The van der Waals surface area contributed by atoms with Gasteiger partial charge in [-0.2, -0.15) is 17.8 Å². The number of aryl methyl sites for hydroxylation is 3. The highest BCUT2D eigenvalue weighted by molar-refractivity contribution is 7.91. The summed E-state index contributed by atoms with van der Waals surface area (Å²) in [6, 6.07) is 12.6. The minimum Gasteiger partial charge on any atom is -0.466 e. The second kappa shape index (κ2) is 15.9. The zero-order valence-electron chi connectivity index (χ0n) is 33.2. The quantitative estimate of drug-likeness (QED) is 0.166. The van der Waals surface area contributed by atoms with E-state index in [4.69, 9.17) is 19.6 Å². The summed E-state index contributed by atoms with van der Waals surface area (Å²) >= 11 is 0. The highest BCUT2D eigenvalue weighted by Crippen LogP contribution is 2.41. The molecule has 306 valence electrons. The largest absolute Gasteiger partial charge is 0.466 e. The molecule has 17 heteroatoms. The van der Waals surface area contributed by atoms with Crippen molar-refractivity contribution < 1.29 is 39.9 Å². The van der Waals surface area contributed by atoms with Crippen molar-refractivity contribution in [1.82, 2.24) is 28.0 Å². The van der Waals surface area contributed by atoms with E-state index in [0.717, 1.165) is 37.9 Å². The van der Waals surface area contributed by atoms with Crippen LogP contribution in [0.1, 0.15) is 75.9 Å². The Morgan fingerprint density at radius 2 is 1.81 bits per heavy atom. The summed E-state index contributed by atoms with van der Waals surface area (Å²) < 4.78 is 100. The number of hydrogen-bond acceptors (Lipinski definition) is 10. The minimum atomic E-state index is -4.13. The number of aromatic nitrogens is 5. The standard InChI is InChI=1S/C40H48F2N6O7S2/c1-8-54-34(49)16-13-26-11-9-12-27(21-26)40(4)19-10-18-39(2,3)24-56(50,51)20-17-29-35-33(48(25-43-35)57(52,53)46(5)6)23-32(42)36(29)55-28-14-15-31(41)30(22-28)37-44-38(40)45-47(37)7/h9,11-12,14-15,21-23,25H,8,10,13,16-20,24H2,1-7H3. The van der Waals surface area contributed by atoms with Gasteiger partial charge < -0.3 is 9.47 Å². The van der Waals surface area contributed by atoms with Gasteiger partial charge in [0.25, 0.3) is 0 Å². The predicted octanol–water partition coefficient (Wildman–Crippen LogP) is 6.53. The lowest BCUT2D eigenvalue weighted by Crippen LogP contribution is -2.29. The van der Waals surface area contributed by atoms with Gasteiger partial charge in [0.1, 0.15) is 17.9 Å². The number of hydrogen-bond donors (Lipinski definition) is 0. The number of rotatable bonds is 7. The highest BCUT2D eigenvalue weighted by Gasteiger charge is 2.36. The first-order valence-electron chi connectivity index (χ1n) is 18.7. The molecule has 1 aliphatic rings. The zero-order chi connectivity index (χ0) is 41.5. The Labute approximate surface area is 332 Å². The van der Waals surface area contributed by atoms with Crippen molar-refractivity contribution in [3.63, 3.8) is 0 Å². The van der Waals surface area contributed by atoms with E-state index in [1.165, 1.54) is 30.9 Å². The lowest BCUT2D eigenvalue weighted by atomic mass is 9.75. The van der Waals surface area contributed by atoms with Crippen molar-refractivity contribution in [3.05, 3.63) is 89.0 Å². The summed E-state index contributed by atoms with van der Waals surface area (Å²) in [6.07, 6.45) is 3.05. The average Bonchev–Trinajstić information content (AvgIpc) is 3.74. The monoisotopic (exact) mass is 826 g/mol. The molecule has 57 heavy (non-hydrogen) atoms. The van der Waals surface area contributed by atoms with Gasteiger partial charge in [0.2, 0.25) is 0 Å².